The number of aliphatic hydroxyl groups excluding tert-OH is 2. The molecule has 0 bridgehead atoms. The summed E-state index contributed by atoms with van der Waals surface area (Å²) in [6.45, 7) is 16.6. The summed E-state index contributed by atoms with van der Waals surface area (Å²) in [7, 11) is 1.70. The van der Waals surface area contributed by atoms with Gasteiger partial charge in [0.05, 0.1) is 17.8 Å². The molecule has 5 aliphatic carbocycles. The molecule has 6 aliphatic rings. The van der Waals surface area contributed by atoms with Crippen LogP contribution in [0.3, 0.4) is 0 Å². The first-order chi connectivity index (χ1) is 19.9. The first kappa shape index (κ1) is 32.0. The standard InChI is InChI=1S/C36H58O7/c1-20(2)16-28(38)43-27-12-13-33(7)24-11-14-35-19-36(35,34(24,8)26(37)18-25(33)31(27,3)4)15-10-22(35)21-17-23(42-30(21)41-9)29(39)32(5,6)40/h16,21-27,29-30,37,39-40H,10-15,17-19H2,1-9H3. The van der Waals surface area contributed by atoms with Gasteiger partial charge in [0, 0.05) is 29.9 Å². The summed E-state index contributed by atoms with van der Waals surface area (Å²) >= 11 is 0. The number of fused-ring (bicyclic) bond motifs is 3. The summed E-state index contributed by atoms with van der Waals surface area (Å²) in [6.07, 6.45) is 8.24. The predicted molar refractivity (Wildman–Crippen MR) is 164 cm³/mol. The van der Waals surface area contributed by atoms with E-state index in [2.05, 4.69) is 27.7 Å². The van der Waals surface area contributed by atoms with Gasteiger partial charge in [-0.15, -0.1) is 0 Å². The summed E-state index contributed by atoms with van der Waals surface area (Å²) in [4.78, 5) is 12.7. The number of methoxy groups -OCH3 is 1. The molecule has 6 rings (SSSR count). The number of hydrogen-bond acceptors (Lipinski definition) is 7. The van der Waals surface area contributed by atoms with Gasteiger partial charge < -0.3 is 29.5 Å². The number of hydrogen-bond donors (Lipinski definition) is 3. The van der Waals surface area contributed by atoms with E-state index in [0.717, 1.165) is 56.9 Å². The monoisotopic (exact) mass is 602 g/mol. The van der Waals surface area contributed by atoms with Crippen LogP contribution in [0.15, 0.2) is 11.6 Å². The molecule has 5 saturated carbocycles. The summed E-state index contributed by atoms with van der Waals surface area (Å²) in [5.41, 5.74) is -0.320. The summed E-state index contributed by atoms with van der Waals surface area (Å²) in [5, 5.41) is 33.7. The molecule has 43 heavy (non-hydrogen) atoms. The average molecular weight is 603 g/mol. The zero-order valence-electron chi connectivity index (χ0n) is 28.1. The number of esters is 1. The largest absolute Gasteiger partial charge is 0.459 e. The van der Waals surface area contributed by atoms with E-state index in [0.29, 0.717) is 18.3 Å². The molecule has 0 aromatic carbocycles. The summed E-state index contributed by atoms with van der Waals surface area (Å²) in [5.74, 6) is 1.04. The molecule has 7 heteroatoms. The van der Waals surface area contributed by atoms with Crippen molar-refractivity contribution in [2.24, 2.45) is 50.7 Å². The molecule has 6 fully saturated rings. The molecule has 0 amide bonds. The number of ether oxygens (including phenoxy) is 3. The highest BCUT2D eigenvalue weighted by Crippen LogP contribution is 2.91. The highest BCUT2D eigenvalue weighted by atomic mass is 16.7. The smallest absolute Gasteiger partial charge is 0.330 e. The second kappa shape index (κ2) is 10.0. The van der Waals surface area contributed by atoms with Crippen molar-refractivity contribution in [3.05, 3.63) is 11.6 Å². The third-order valence-corrected chi connectivity index (χ3v) is 14.7. The maximum atomic E-state index is 12.7. The maximum absolute atomic E-state index is 12.7. The molecule has 7 nitrogen and oxygen atoms in total. The van der Waals surface area contributed by atoms with E-state index in [-0.39, 0.29) is 57.3 Å². The zero-order chi connectivity index (χ0) is 31.5. The van der Waals surface area contributed by atoms with Crippen molar-refractivity contribution in [1.29, 1.82) is 0 Å². The molecular formula is C36H58O7. The van der Waals surface area contributed by atoms with Crippen molar-refractivity contribution >= 4 is 5.97 Å². The Labute approximate surface area is 259 Å². The van der Waals surface area contributed by atoms with E-state index >= 15 is 0 Å². The van der Waals surface area contributed by atoms with Crippen LogP contribution in [0.5, 0.6) is 0 Å². The van der Waals surface area contributed by atoms with Crippen LogP contribution in [0.25, 0.3) is 0 Å². The number of rotatable bonds is 6. The molecule has 0 spiro atoms. The fourth-order valence-electron chi connectivity index (χ4n) is 12.8. The van der Waals surface area contributed by atoms with Gasteiger partial charge in [-0.3, -0.25) is 0 Å². The van der Waals surface area contributed by atoms with Crippen LogP contribution in [-0.4, -0.2) is 64.7 Å². The van der Waals surface area contributed by atoms with Gasteiger partial charge in [0.25, 0.3) is 0 Å². The van der Waals surface area contributed by atoms with Gasteiger partial charge in [-0.1, -0.05) is 33.3 Å². The lowest BCUT2D eigenvalue weighted by atomic mass is 9.37. The highest BCUT2D eigenvalue weighted by molar-refractivity contribution is 5.82. The maximum Gasteiger partial charge on any atom is 0.330 e. The van der Waals surface area contributed by atoms with Gasteiger partial charge in [-0.25, -0.2) is 4.79 Å². The molecule has 0 radical (unpaired) electrons. The van der Waals surface area contributed by atoms with E-state index in [1.165, 1.54) is 0 Å². The van der Waals surface area contributed by atoms with Crippen molar-refractivity contribution in [3.8, 4) is 0 Å². The number of aliphatic hydroxyl groups is 3. The quantitative estimate of drug-likeness (QED) is 0.261. The molecule has 1 heterocycles. The minimum Gasteiger partial charge on any atom is -0.459 e. The van der Waals surface area contributed by atoms with Gasteiger partial charge in [0.15, 0.2) is 6.29 Å². The Balaban J connectivity index is 1.26. The van der Waals surface area contributed by atoms with Crippen LogP contribution < -0.4 is 0 Å². The lowest BCUT2D eigenvalue weighted by Gasteiger charge is -2.68. The van der Waals surface area contributed by atoms with E-state index in [9.17, 15) is 20.1 Å². The average Bonchev–Trinajstić information content (AvgIpc) is 3.23. The Bertz CT molecular complexity index is 1150. The van der Waals surface area contributed by atoms with Crippen molar-refractivity contribution < 1.29 is 34.3 Å². The zero-order valence-corrected chi connectivity index (χ0v) is 28.1. The lowest BCUT2D eigenvalue weighted by Crippen LogP contribution is -2.66. The second-order valence-corrected chi connectivity index (χ2v) is 17.5. The van der Waals surface area contributed by atoms with Crippen molar-refractivity contribution in [3.63, 3.8) is 0 Å². The summed E-state index contributed by atoms with van der Waals surface area (Å²) < 4.78 is 18.2. The third-order valence-electron chi connectivity index (χ3n) is 14.7. The molecule has 0 aromatic rings. The minimum absolute atomic E-state index is 0.0753. The Morgan fingerprint density at radius 3 is 2.35 bits per heavy atom. The van der Waals surface area contributed by atoms with Gasteiger partial charge in [-0.05, 0) is 119 Å². The minimum atomic E-state index is -1.24. The number of carbonyl (C=O) groups excluding carboxylic acids is 1. The Hall–Kier alpha value is -0.990. The van der Waals surface area contributed by atoms with Crippen LogP contribution in [0, 0.1) is 50.7 Å². The Morgan fingerprint density at radius 1 is 1.02 bits per heavy atom. The number of carbonyl (C=O) groups is 1. The molecule has 1 saturated heterocycles. The van der Waals surface area contributed by atoms with Crippen molar-refractivity contribution in [1.82, 2.24) is 0 Å². The fourth-order valence-corrected chi connectivity index (χ4v) is 12.8. The molecule has 1 aliphatic heterocycles. The second-order valence-electron chi connectivity index (χ2n) is 17.5. The highest BCUT2D eigenvalue weighted by Gasteiger charge is 2.86. The van der Waals surface area contributed by atoms with Crippen molar-refractivity contribution in [2.75, 3.05) is 7.11 Å². The topological polar surface area (TPSA) is 105 Å². The van der Waals surface area contributed by atoms with E-state index in [4.69, 9.17) is 14.2 Å². The normalized spacial score (nSPS) is 50.5. The van der Waals surface area contributed by atoms with Crippen LogP contribution >= 0.6 is 0 Å². The van der Waals surface area contributed by atoms with Gasteiger partial charge in [0.2, 0.25) is 0 Å². The molecule has 13 unspecified atom stereocenters. The van der Waals surface area contributed by atoms with Crippen LogP contribution in [0.2, 0.25) is 0 Å². The van der Waals surface area contributed by atoms with Crippen LogP contribution in [0.1, 0.15) is 113 Å². The molecule has 244 valence electrons. The van der Waals surface area contributed by atoms with E-state index in [1.54, 1.807) is 27.0 Å². The Morgan fingerprint density at radius 2 is 1.72 bits per heavy atom. The van der Waals surface area contributed by atoms with E-state index < -0.39 is 23.9 Å². The van der Waals surface area contributed by atoms with Crippen LogP contribution in [-0.2, 0) is 19.0 Å². The molecule has 0 aromatic heterocycles. The van der Waals surface area contributed by atoms with Gasteiger partial charge >= 0.3 is 5.97 Å². The molecule has 3 N–H and O–H groups in total. The van der Waals surface area contributed by atoms with Crippen LogP contribution in [0.4, 0.5) is 0 Å². The molecular weight excluding hydrogens is 544 g/mol. The van der Waals surface area contributed by atoms with E-state index in [1.807, 2.05) is 13.8 Å². The molecule has 13 atom stereocenters. The third kappa shape index (κ3) is 4.26. The predicted octanol–water partition coefficient (Wildman–Crippen LogP) is 5.78. The SMILES string of the molecule is COC1OC(C(O)C(C)(C)O)CC1C1CCC23CC12CCC1C2(C)CCC(OC(=O)C=C(C)C)C(C)(C)C2CC(O)C13C. The van der Waals surface area contributed by atoms with Gasteiger partial charge in [-0.2, -0.15) is 0 Å². The lowest BCUT2D eigenvalue weighted by molar-refractivity contribution is -0.245. The van der Waals surface area contributed by atoms with Gasteiger partial charge in [0.1, 0.15) is 12.2 Å². The first-order valence-electron chi connectivity index (χ1n) is 17.0. The number of allylic oxidation sites excluding steroid dienone is 1. The fraction of sp³-hybridized carbons (Fsp3) is 0.917. The first-order valence-corrected chi connectivity index (χ1v) is 17.0. The Kier molecular flexibility index (Phi) is 7.44. The van der Waals surface area contributed by atoms with Crippen molar-refractivity contribution in [2.45, 2.75) is 149 Å². The summed E-state index contributed by atoms with van der Waals surface area (Å²) in [6, 6.07) is 0.